The van der Waals surface area contributed by atoms with Crippen molar-refractivity contribution in [2.45, 2.75) is 116 Å². The number of nitrogens with one attached hydrogen (secondary N) is 2. The van der Waals surface area contributed by atoms with Gasteiger partial charge in [0.1, 0.15) is 5.75 Å². The van der Waals surface area contributed by atoms with Crippen LogP contribution in [0.1, 0.15) is 113 Å². The van der Waals surface area contributed by atoms with Crippen molar-refractivity contribution in [3.63, 3.8) is 0 Å². The summed E-state index contributed by atoms with van der Waals surface area (Å²) >= 11 is 0. The topological polar surface area (TPSA) is 98.7 Å². The highest BCUT2D eigenvalue weighted by molar-refractivity contribution is 7.89. The molecule has 244 valence electrons. The number of ether oxygens (including phenoxy) is 2. The van der Waals surface area contributed by atoms with E-state index in [1.807, 2.05) is 0 Å². The summed E-state index contributed by atoms with van der Waals surface area (Å²) in [6.45, 7) is 14.3. The van der Waals surface area contributed by atoms with Crippen LogP contribution in [0, 0.1) is 12.8 Å². The predicted octanol–water partition coefficient (Wildman–Crippen LogP) is 6.23. The van der Waals surface area contributed by atoms with E-state index in [0.717, 1.165) is 42.3 Å². The van der Waals surface area contributed by atoms with E-state index in [9.17, 15) is 13.2 Å². The van der Waals surface area contributed by atoms with Gasteiger partial charge < -0.3 is 19.4 Å². The van der Waals surface area contributed by atoms with Crippen LogP contribution in [0.2, 0.25) is 0 Å². The minimum atomic E-state index is -3.55. The molecule has 2 fully saturated rings. The number of methoxy groups -OCH3 is 1. The minimum absolute atomic E-state index is 0.0915. The Hall–Kier alpha value is -2.36. The molecule has 2 aliphatic carbocycles. The number of sulfonamides is 1. The molecule has 0 saturated heterocycles. The Morgan fingerprint density at radius 2 is 1.77 bits per heavy atom. The zero-order valence-corrected chi connectivity index (χ0v) is 28.7. The molecule has 44 heavy (non-hydrogen) atoms. The lowest BCUT2D eigenvalue weighted by molar-refractivity contribution is 0.0943. The summed E-state index contributed by atoms with van der Waals surface area (Å²) in [4.78, 5) is 13.8. The Morgan fingerprint density at radius 1 is 1.07 bits per heavy atom. The number of nitrogens with zero attached hydrogens (tertiary/aromatic N) is 1. The van der Waals surface area contributed by atoms with E-state index >= 15 is 0 Å². The van der Waals surface area contributed by atoms with Crippen LogP contribution in [0.5, 0.6) is 5.75 Å². The van der Waals surface area contributed by atoms with Crippen LogP contribution in [0.15, 0.2) is 18.2 Å². The van der Waals surface area contributed by atoms with Gasteiger partial charge in [0.15, 0.2) is 0 Å². The Balaban J connectivity index is 1.50. The van der Waals surface area contributed by atoms with Crippen molar-refractivity contribution >= 4 is 15.9 Å². The predicted molar refractivity (Wildman–Crippen MR) is 176 cm³/mol. The molecule has 3 aliphatic rings. The summed E-state index contributed by atoms with van der Waals surface area (Å²) in [6, 6.07) is 6.70. The van der Waals surface area contributed by atoms with E-state index in [-0.39, 0.29) is 35.6 Å². The highest BCUT2D eigenvalue weighted by Gasteiger charge is 2.49. The Morgan fingerprint density at radius 3 is 2.41 bits per heavy atom. The molecule has 2 heterocycles. The Bertz CT molecular complexity index is 1460. The first-order valence-electron chi connectivity index (χ1n) is 16.5. The molecule has 1 spiro atoms. The van der Waals surface area contributed by atoms with Crippen LogP contribution in [0.25, 0.3) is 11.3 Å². The third-order valence-electron chi connectivity index (χ3n) is 9.90. The summed E-state index contributed by atoms with van der Waals surface area (Å²) < 4.78 is 41.4. The first-order chi connectivity index (χ1) is 20.6. The van der Waals surface area contributed by atoms with Gasteiger partial charge in [0.25, 0.3) is 5.91 Å². The standard InChI is InChI=1S/C35H53N3O5S/c1-24-27(32(39)36-23-34(5,6)37-44(40,41)18-17-42-7)21-30(38(24)22-25-11-9-8-10-12-25)26-19-28(33(2,3)4)31-29(20-26)35(13-14-35)15-16-43-31/h19-21,25,37H,8-18,22-23H2,1-7H3,(H,36,39). The second kappa shape index (κ2) is 12.4. The SMILES string of the molecule is COCCS(=O)(=O)NC(C)(C)CNC(=O)c1cc(-c2cc(C(C)(C)C)c3c(c2)C2(CCO3)CC2)n(CC2CCCCC2)c1C. The zero-order chi connectivity index (χ0) is 31.9. The lowest BCUT2D eigenvalue weighted by Crippen LogP contribution is -2.52. The second-order valence-electron chi connectivity index (χ2n) is 15.2. The van der Waals surface area contributed by atoms with Crippen molar-refractivity contribution in [2.75, 3.05) is 32.6 Å². The summed E-state index contributed by atoms with van der Waals surface area (Å²) in [6.07, 6.45) is 9.72. The van der Waals surface area contributed by atoms with Gasteiger partial charge in [-0.25, -0.2) is 13.1 Å². The van der Waals surface area contributed by atoms with Gasteiger partial charge in [0.05, 0.1) is 24.5 Å². The van der Waals surface area contributed by atoms with E-state index in [1.165, 1.54) is 63.2 Å². The summed E-state index contributed by atoms with van der Waals surface area (Å²) in [5.74, 6) is 1.34. The number of hydrogen-bond donors (Lipinski definition) is 2. The highest BCUT2D eigenvalue weighted by Crippen LogP contribution is 2.58. The molecule has 0 atom stereocenters. The quantitative estimate of drug-likeness (QED) is 0.308. The van der Waals surface area contributed by atoms with E-state index < -0.39 is 15.6 Å². The third kappa shape index (κ3) is 7.20. The molecule has 8 nitrogen and oxygen atoms in total. The number of amides is 1. The first kappa shape index (κ1) is 33.0. The van der Waals surface area contributed by atoms with Crippen molar-refractivity contribution in [1.82, 2.24) is 14.6 Å². The van der Waals surface area contributed by atoms with Crippen molar-refractivity contribution in [1.29, 1.82) is 0 Å². The van der Waals surface area contributed by atoms with Crippen molar-refractivity contribution < 1.29 is 22.7 Å². The smallest absolute Gasteiger partial charge is 0.253 e. The van der Waals surface area contributed by atoms with Gasteiger partial charge in [-0.1, -0.05) is 40.0 Å². The van der Waals surface area contributed by atoms with Gasteiger partial charge in [0, 0.05) is 53.7 Å². The van der Waals surface area contributed by atoms with Crippen molar-refractivity contribution in [3.8, 4) is 17.0 Å². The number of rotatable bonds is 11. The Labute approximate surface area is 264 Å². The molecular weight excluding hydrogens is 574 g/mol. The van der Waals surface area contributed by atoms with Gasteiger partial charge >= 0.3 is 0 Å². The number of carbonyl (C=O) groups excluding carboxylic acids is 1. The average Bonchev–Trinajstić information content (AvgIpc) is 3.66. The van der Waals surface area contributed by atoms with Crippen LogP contribution in [-0.2, 0) is 32.1 Å². The fourth-order valence-electron chi connectivity index (χ4n) is 7.11. The summed E-state index contributed by atoms with van der Waals surface area (Å²) in [5.41, 5.74) is 5.66. The van der Waals surface area contributed by atoms with E-state index in [2.05, 4.69) is 60.5 Å². The maximum Gasteiger partial charge on any atom is 0.253 e. The monoisotopic (exact) mass is 627 g/mol. The molecule has 1 aromatic carbocycles. The van der Waals surface area contributed by atoms with Crippen LogP contribution in [0.4, 0.5) is 0 Å². The molecule has 0 bridgehead atoms. The number of benzene rings is 1. The molecule has 2 N–H and O–H groups in total. The fourth-order valence-corrected chi connectivity index (χ4v) is 8.51. The van der Waals surface area contributed by atoms with Crippen LogP contribution in [0.3, 0.4) is 0 Å². The van der Waals surface area contributed by atoms with Gasteiger partial charge in [-0.2, -0.15) is 0 Å². The molecule has 0 unspecified atom stereocenters. The van der Waals surface area contributed by atoms with Crippen LogP contribution >= 0.6 is 0 Å². The van der Waals surface area contributed by atoms with Gasteiger partial charge in [-0.05, 0) is 88.0 Å². The number of hydrogen-bond acceptors (Lipinski definition) is 5. The lowest BCUT2D eigenvalue weighted by Gasteiger charge is -2.33. The molecule has 2 saturated carbocycles. The summed E-state index contributed by atoms with van der Waals surface area (Å²) in [7, 11) is -2.07. The molecule has 1 aliphatic heterocycles. The van der Waals surface area contributed by atoms with Gasteiger partial charge in [-0.3, -0.25) is 4.79 Å². The maximum atomic E-state index is 13.8. The van der Waals surface area contributed by atoms with E-state index in [1.54, 1.807) is 13.8 Å². The molecule has 0 radical (unpaired) electrons. The van der Waals surface area contributed by atoms with Crippen LogP contribution in [-0.4, -0.2) is 57.1 Å². The molecule has 1 aromatic heterocycles. The van der Waals surface area contributed by atoms with Crippen molar-refractivity contribution in [2.24, 2.45) is 5.92 Å². The lowest BCUT2D eigenvalue weighted by atomic mass is 9.79. The molecule has 1 amide bonds. The number of aromatic nitrogens is 1. The molecule has 5 rings (SSSR count). The average molecular weight is 628 g/mol. The van der Waals surface area contributed by atoms with E-state index in [0.29, 0.717) is 11.5 Å². The van der Waals surface area contributed by atoms with Crippen LogP contribution < -0.4 is 14.8 Å². The van der Waals surface area contributed by atoms with Gasteiger partial charge in [-0.15, -0.1) is 0 Å². The molecule has 2 aromatic rings. The summed E-state index contributed by atoms with van der Waals surface area (Å²) in [5, 5.41) is 3.03. The largest absolute Gasteiger partial charge is 0.493 e. The zero-order valence-electron chi connectivity index (χ0n) is 27.9. The number of carbonyl (C=O) groups is 1. The second-order valence-corrected chi connectivity index (χ2v) is 17.0. The molecular formula is C35H53N3O5S. The van der Waals surface area contributed by atoms with E-state index in [4.69, 9.17) is 9.47 Å². The normalized spacial score (nSPS) is 18.6. The first-order valence-corrected chi connectivity index (χ1v) is 18.1. The van der Waals surface area contributed by atoms with Gasteiger partial charge in [0.2, 0.25) is 10.0 Å². The minimum Gasteiger partial charge on any atom is -0.493 e. The third-order valence-corrected chi connectivity index (χ3v) is 11.5. The number of fused-ring (bicyclic) bond motifs is 2. The maximum absolute atomic E-state index is 13.8. The highest BCUT2D eigenvalue weighted by atomic mass is 32.2. The fraction of sp³-hybridized carbons (Fsp3) is 0.686. The Kier molecular flexibility index (Phi) is 9.34. The van der Waals surface area contributed by atoms with Crippen molar-refractivity contribution in [3.05, 3.63) is 40.6 Å². The molecule has 9 heteroatoms.